The van der Waals surface area contributed by atoms with Gasteiger partial charge < -0.3 is 20.5 Å². The standard InChI is InChI=1S/C11H20N4O2/c1-11(2,5-6-16)15-10-8(17-4)9(12-3)13-7-14-10/h7,16H,5-6H2,1-4H3,(H2,12,13,14,15). The maximum Gasteiger partial charge on any atom is 0.204 e. The van der Waals surface area contributed by atoms with Gasteiger partial charge in [-0.25, -0.2) is 9.97 Å². The first-order chi connectivity index (χ1) is 8.04. The van der Waals surface area contributed by atoms with Crippen LogP contribution < -0.4 is 15.4 Å². The van der Waals surface area contributed by atoms with E-state index in [2.05, 4.69) is 20.6 Å². The third kappa shape index (κ3) is 3.45. The fourth-order valence-corrected chi connectivity index (χ4v) is 1.50. The summed E-state index contributed by atoms with van der Waals surface area (Å²) in [6.07, 6.45) is 2.08. The van der Waals surface area contributed by atoms with Crippen LogP contribution in [0.15, 0.2) is 6.33 Å². The summed E-state index contributed by atoms with van der Waals surface area (Å²) >= 11 is 0. The zero-order valence-corrected chi connectivity index (χ0v) is 10.7. The van der Waals surface area contributed by atoms with Gasteiger partial charge in [0.25, 0.3) is 0 Å². The van der Waals surface area contributed by atoms with E-state index in [9.17, 15) is 0 Å². The molecule has 0 amide bonds. The average Bonchev–Trinajstić information content (AvgIpc) is 2.27. The molecule has 0 atom stereocenters. The van der Waals surface area contributed by atoms with Gasteiger partial charge in [-0.3, -0.25) is 0 Å². The van der Waals surface area contributed by atoms with Crippen LogP contribution in [0.4, 0.5) is 11.6 Å². The monoisotopic (exact) mass is 240 g/mol. The van der Waals surface area contributed by atoms with Gasteiger partial charge in [0.15, 0.2) is 11.6 Å². The minimum absolute atomic E-state index is 0.117. The summed E-state index contributed by atoms with van der Waals surface area (Å²) in [6.45, 7) is 4.10. The molecule has 0 radical (unpaired) electrons. The first kappa shape index (κ1) is 13.5. The number of nitrogens with one attached hydrogen (secondary N) is 2. The number of aliphatic hydroxyl groups excluding tert-OH is 1. The van der Waals surface area contributed by atoms with E-state index in [-0.39, 0.29) is 12.1 Å². The SMILES string of the molecule is CNc1ncnc(NC(C)(C)CCO)c1OC. The fraction of sp³-hybridized carbons (Fsp3) is 0.636. The van der Waals surface area contributed by atoms with Crippen LogP contribution in [0.2, 0.25) is 0 Å². The summed E-state index contributed by atoms with van der Waals surface area (Å²) in [5.74, 6) is 1.82. The lowest BCUT2D eigenvalue weighted by Crippen LogP contribution is -2.32. The van der Waals surface area contributed by atoms with Crippen molar-refractivity contribution >= 4 is 11.6 Å². The van der Waals surface area contributed by atoms with Crippen molar-refractivity contribution in [1.29, 1.82) is 0 Å². The zero-order chi connectivity index (χ0) is 12.9. The lowest BCUT2D eigenvalue weighted by atomic mass is 10.0. The van der Waals surface area contributed by atoms with Crippen LogP contribution in [-0.2, 0) is 0 Å². The Bertz CT molecular complexity index is 368. The molecule has 3 N–H and O–H groups in total. The van der Waals surface area contributed by atoms with Gasteiger partial charge in [0.2, 0.25) is 5.75 Å². The normalized spacial score (nSPS) is 11.1. The van der Waals surface area contributed by atoms with Crippen LogP contribution in [0.3, 0.4) is 0 Å². The molecule has 0 aliphatic carbocycles. The molecule has 1 rings (SSSR count). The Balaban J connectivity index is 2.98. The Kier molecular flexibility index (Phi) is 4.51. The predicted octanol–water partition coefficient (Wildman–Crippen LogP) is 1.10. The molecule has 96 valence electrons. The second-order valence-corrected chi connectivity index (χ2v) is 4.34. The van der Waals surface area contributed by atoms with E-state index >= 15 is 0 Å². The summed E-state index contributed by atoms with van der Waals surface area (Å²) in [5.41, 5.74) is -0.263. The Labute approximate surface area is 101 Å². The topological polar surface area (TPSA) is 79.3 Å². The summed E-state index contributed by atoms with van der Waals surface area (Å²) < 4.78 is 5.28. The maximum atomic E-state index is 8.99. The van der Waals surface area contributed by atoms with Crippen LogP contribution in [0.25, 0.3) is 0 Å². The molecule has 6 heteroatoms. The number of nitrogens with zero attached hydrogens (tertiary/aromatic N) is 2. The summed E-state index contributed by atoms with van der Waals surface area (Å²) in [6, 6.07) is 0. The van der Waals surface area contributed by atoms with Crippen molar-refractivity contribution in [2.75, 3.05) is 31.4 Å². The van der Waals surface area contributed by atoms with E-state index in [1.54, 1.807) is 14.2 Å². The number of hydrogen-bond donors (Lipinski definition) is 3. The molecule has 1 aromatic rings. The molecule has 1 aromatic heterocycles. The van der Waals surface area contributed by atoms with Gasteiger partial charge in [-0.15, -0.1) is 0 Å². The van der Waals surface area contributed by atoms with Crippen molar-refractivity contribution in [3.63, 3.8) is 0 Å². The molecule has 0 saturated heterocycles. The predicted molar refractivity (Wildman–Crippen MR) is 67.5 cm³/mol. The third-order valence-electron chi connectivity index (χ3n) is 2.44. The van der Waals surface area contributed by atoms with Crippen molar-refractivity contribution in [2.45, 2.75) is 25.8 Å². The van der Waals surface area contributed by atoms with E-state index < -0.39 is 0 Å². The number of ether oxygens (including phenoxy) is 1. The molecule has 0 unspecified atom stereocenters. The van der Waals surface area contributed by atoms with Gasteiger partial charge in [-0.2, -0.15) is 0 Å². The van der Waals surface area contributed by atoms with Gasteiger partial charge in [-0.1, -0.05) is 0 Å². The van der Waals surface area contributed by atoms with E-state index in [4.69, 9.17) is 9.84 Å². The molecule has 0 fully saturated rings. The number of rotatable bonds is 6. The second-order valence-electron chi connectivity index (χ2n) is 4.34. The van der Waals surface area contributed by atoms with Gasteiger partial charge in [-0.05, 0) is 20.3 Å². The largest absolute Gasteiger partial charge is 0.490 e. The summed E-state index contributed by atoms with van der Waals surface area (Å²) in [7, 11) is 3.34. The number of aliphatic hydroxyl groups is 1. The molecule has 0 spiro atoms. The average molecular weight is 240 g/mol. The highest BCUT2D eigenvalue weighted by Crippen LogP contribution is 2.30. The van der Waals surface area contributed by atoms with Crippen LogP contribution in [0.5, 0.6) is 5.75 Å². The van der Waals surface area contributed by atoms with E-state index in [1.165, 1.54) is 6.33 Å². The molecular weight excluding hydrogens is 220 g/mol. The van der Waals surface area contributed by atoms with Gasteiger partial charge in [0.05, 0.1) is 7.11 Å². The lowest BCUT2D eigenvalue weighted by molar-refractivity contribution is 0.260. The van der Waals surface area contributed by atoms with E-state index in [0.29, 0.717) is 23.8 Å². The molecular formula is C11H20N4O2. The number of hydrogen-bond acceptors (Lipinski definition) is 6. The lowest BCUT2D eigenvalue weighted by Gasteiger charge is -2.27. The first-order valence-corrected chi connectivity index (χ1v) is 5.50. The summed E-state index contributed by atoms with van der Waals surface area (Å²) in [4.78, 5) is 8.22. The molecule has 0 aliphatic heterocycles. The number of aromatic nitrogens is 2. The Morgan fingerprint density at radius 2 is 2.00 bits per heavy atom. The molecule has 1 heterocycles. The van der Waals surface area contributed by atoms with Crippen molar-refractivity contribution in [3.05, 3.63) is 6.33 Å². The Morgan fingerprint density at radius 1 is 1.35 bits per heavy atom. The molecule has 0 bridgehead atoms. The minimum atomic E-state index is -0.263. The van der Waals surface area contributed by atoms with Crippen LogP contribution >= 0.6 is 0 Å². The van der Waals surface area contributed by atoms with Crippen molar-refractivity contribution in [2.24, 2.45) is 0 Å². The van der Waals surface area contributed by atoms with Crippen molar-refractivity contribution < 1.29 is 9.84 Å². The number of methoxy groups -OCH3 is 1. The van der Waals surface area contributed by atoms with Crippen LogP contribution in [-0.4, -0.2) is 41.4 Å². The van der Waals surface area contributed by atoms with Gasteiger partial charge in [0, 0.05) is 19.2 Å². The molecule has 0 aromatic carbocycles. The minimum Gasteiger partial charge on any atom is -0.490 e. The van der Waals surface area contributed by atoms with Crippen LogP contribution in [0.1, 0.15) is 20.3 Å². The highest BCUT2D eigenvalue weighted by molar-refractivity contribution is 5.63. The quantitative estimate of drug-likeness (QED) is 0.691. The van der Waals surface area contributed by atoms with Gasteiger partial charge in [0.1, 0.15) is 6.33 Å². The fourth-order valence-electron chi connectivity index (χ4n) is 1.50. The molecule has 0 saturated carbocycles. The molecule has 17 heavy (non-hydrogen) atoms. The van der Waals surface area contributed by atoms with Gasteiger partial charge >= 0.3 is 0 Å². The first-order valence-electron chi connectivity index (χ1n) is 5.50. The maximum absolute atomic E-state index is 8.99. The Morgan fingerprint density at radius 3 is 2.53 bits per heavy atom. The van der Waals surface area contributed by atoms with Crippen molar-refractivity contribution in [3.8, 4) is 5.75 Å². The summed E-state index contributed by atoms with van der Waals surface area (Å²) in [5, 5.41) is 15.2. The zero-order valence-electron chi connectivity index (χ0n) is 10.7. The second kappa shape index (κ2) is 5.67. The Hall–Kier alpha value is -1.56. The molecule has 6 nitrogen and oxygen atoms in total. The highest BCUT2D eigenvalue weighted by Gasteiger charge is 2.21. The van der Waals surface area contributed by atoms with Crippen LogP contribution in [0, 0.1) is 0 Å². The smallest absolute Gasteiger partial charge is 0.204 e. The third-order valence-corrected chi connectivity index (χ3v) is 2.44. The van der Waals surface area contributed by atoms with E-state index in [0.717, 1.165) is 0 Å². The van der Waals surface area contributed by atoms with Crippen molar-refractivity contribution in [1.82, 2.24) is 9.97 Å². The molecule has 0 aliphatic rings. The highest BCUT2D eigenvalue weighted by atomic mass is 16.5. The van der Waals surface area contributed by atoms with E-state index in [1.807, 2.05) is 13.8 Å². The number of anilines is 2.